The third-order valence-electron chi connectivity index (χ3n) is 6.35. The standard InChI is InChI=1S/C24H22F2N4O4S2/c1-14-16(6-7-19-20(14)29-22(32)17-4-2-3-5-18(17)36(19,33)34)21(31)27-12-15-13-28-23(35-15)30-10-8-24(25,26)9-11-30/h2-7,13H,8-12H2,1H3,(H,27,31)(H,29,32). The second-order valence-corrected chi connectivity index (χ2v) is 11.7. The summed E-state index contributed by atoms with van der Waals surface area (Å²) in [5.41, 5.74) is 0.663. The van der Waals surface area contributed by atoms with Gasteiger partial charge in [0.05, 0.1) is 27.6 Å². The molecule has 2 aliphatic rings. The smallest absolute Gasteiger partial charge is 0.257 e. The van der Waals surface area contributed by atoms with Gasteiger partial charge < -0.3 is 15.5 Å². The molecule has 3 heterocycles. The number of hydrogen-bond acceptors (Lipinski definition) is 7. The number of sulfone groups is 1. The number of piperidine rings is 1. The van der Waals surface area contributed by atoms with E-state index in [-0.39, 0.29) is 59.1 Å². The Labute approximate surface area is 210 Å². The minimum absolute atomic E-state index is 0.0394. The van der Waals surface area contributed by atoms with Gasteiger partial charge in [0.25, 0.3) is 17.7 Å². The number of rotatable bonds is 4. The molecular formula is C24H22F2N4O4S2. The van der Waals surface area contributed by atoms with E-state index < -0.39 is 27.6 Å². The summed E-state index contributed by atoms with van der Waals surface area (Å²) in [6, 6.07) is 8.71. The number of thiazole rings is 1. The van der Waals surface area contributed by atoms with Gasteiger partial charge in [0.1, 0.15) is 0 Å². The number of carbonyl (C=O) groups is 2. The van der Waals surface area contributed by atoms with E-state index in [0.29, 0.717) is 10.7 Å². The second-order valence-electron chi connectivity index (χ2n) is 8.70. The fourth-order valence-electron chi connectivity index (χ4n) is 4.31. The summed E-state index contributed by atoms with van der Waals surface area (Å²) in [6.45, 7) is 2.18. The summed E-state index contributed by atoms with van der Waals surface area (Å²) in [7, 11) is -3.98. The normalized spacial score (nSPS) is 18.0. The molecule has 0 spiro atoms. The van der Waals surface area contributed by atoms with Gasteiger partial charge in [-0.15, -0.1) is 11.3 Å². The molecule has 0 unspecified atom stereocenters. The summed E-state index contributed by atoms with van der Waals surface area (Å²) in [5, 5.41) is 6.07. The number of benzene rings is 2. The molecule has 0 bridgehead atoms. The number of halogens is 2. The van der Waals surface area contributed by atoms with E-state index in [0.717, 1.165) is 4.88 Å². The van der Waals surface area contributed by atoms with E-state index in [2.05, 4.69) is 15.6 Å². The molecule has 2 aliphatic heterocycles. The third kappa shape index (κ3) is 4.35. The molecule has 188 valence electrons. The van der Waals surface area contributed by atoms with Crippen molar-refractivity contribution in [2.45, 2.75) is 42.0 Å². The summed E-state index contributed by atoms with van der Waals surface area (Å²) >= 11 is 1.32. The Balaban J connectivity index is 1.34. The number of nitrogens with zero attached hydrogens (tertiary/aromatic N) is 2. The van der Waals surface area contributed by atoms with Crippen LogP contribution in [-0.4, -0.2) is 44.2 Å². The highest BCUT2D eigenvalue weighted by Gasteiger charge is 2.35. The van der Waals surface area contributed by atoms with Crippen molar-refractivity contribution >= 4 is 43.8 Å². The molecule has 0 aliphatic carbocycles. The van der Waals surface area contributed by atoms with Gasteiger partial charge in [0, 0.05) is 42.6 Å². The lowest BCUT2D eigenvalue weighted by atomic mass is 10.1. The second kappa shape index (κ2) is 8.93. The number of alkyl halides is 2. The Morgan fingerprint density at radius 1 is 1.17 bits per heavy atom. The van der Waals surface area contributed by atoms with Crippen molar-refractivity contribution in [3.63, 3.8) is 0 Å². The Morgan fingerprint density at radius 3 is 2.64 bits per heavy atom. The van der Waals surface area contributed by atoms with Gasteiger partial charge in [-0.2, -0.15) is 0 Å². The van der Waals surface area contributed by atoms with Crippen LogP contribution in [0.25, 0.3) is 0 Å². The minimum atomic E-state index is -3.98. The zero-order valence-corrected chi connectivity index (χ0v) is 20.8. The number of hydrogen-bond donors (Lipinski definition) is 2. The molecule has 1 aromatic heterocycles. The van der Waals surface area contributed by atoms with E-state index in [1.54, 1.807) is 25.3 Å². The molecule has 3 aromatic rings. The van der Waals surface area contributed by atoms with Crippen LogP contribution >= 0.6 is 11.3 Å². The van der Waals surface area contributed by atoms with Crippen molar-refractivity contribution in [1.82, 2.24) is 10.3 Å². The van der Waals surface area contributed by atoms with E-state index in [9.17, 15) is 26.8 Å². The van der Waals surface area contributed by atoms with Crippen LogP contribution in [-0.2, 0) is 16.4 Å². The highest BCUT2D eigenvalue weighted by atomic mass is 32.2. The van der Waals surface area contributed by atoms with Gasteiger partial charge in [-0.25, -0.2) is 22.2 Å². The molecule has 0 atom stereocenters. The van der Waals surface area contributed by atoms with Crippen LogP contribution < -0.4 is 15.5 Å². The average Bonchev–Trinajstić information content (AvgIpc) is 3.29. The largest absolute Gasteiger partial charge is 0.348 e. The first-order valence-electron chi connectivity index (χ1n) is 11.2. The lowest BCUT2D eigenvalue weighted by Crippen LogP contribution is -2.39. The van der Waals surface area contributed by atoms with Gasteiger partial charge in [-0.1, -0.05) is 12.1 Å². The molecular weight excluding hydrogens is 510 g/mol. The Kier molecular flexibility index (Phi) is 6.03. The van der Waals surface area contributed by atoms with E-state index in [1.165, 1.54) is 35.6 Å². The van der Waals surface area contributed by atoms with Crippen LogP contribution in [0.1, 0.15) is 44.0 Å². The summed E-state index contributed by atoms with van der Waals surface area (Å²) in [6.07, 6.45) is 1.17. The summed E-state index contributed by atoms with van der Waals surface area (Å²) < 4.78 is 53.3. The van der Waals surface area contributed by atoms with Crippen molar-refractivity contribution in [2.24, 2.45) is 0 Å². The molecule has 1 fully saturated rings. The molecule has 0 saturated carbocycles. The maximum Gasteiger partial charge on any atom is 0.257 e. The van der Waals surface area contributed by atoms with E-state index in [4.69, 9.17) is 0 Å². The average molecular weight is 533 g/mol. The SMILES string of the molecule is Cc1c(C(=O)NCc2cnc(N3CCC(F)(F)CC3)s2)ccc2c1NC(=O)c1ccccc1S2(=O)=O. The predicted molar refractivity (Wildman–Crippen MR) is 131 cm³/mol. The molecule has 0 radical (unpaired) electrons. The molecule has 2 aromatic carbocycles. The Morgan fingerprint density at radius 2 is 1.89 bits per heavy atom. The van der Waals surface area contributed by atoms with Crippen molar-refractivity contribution in [2.75, 3.05) is 23.3 Å². The molecule has 12 heteroatoms. The number of nitrogens with one attached hydrogen (secondary N) is 2. The molecule has 2 amide bonds. The van der Waals surface area contributed by atoms with Crippen molar-refractivity contribution in [3.8, 4) is 0 Å². The van der Waals surface area contributed by atoms with Crippen LogP contribution in [0.15, 0.2) is 52.4 Å². The summed E-state index contributed by atoms with van der Waals surface area (Å²) in [4.78, 5) is 32.4. The first kappa shape index (κ1) is 24.3. The maximum atomic E-state index is 13.4. The monoisotopic (exact) mass is 532 g/mol. The molecule has 1 saturated heterocycles. The molecule has 5 rings (SSSR count). The molecule has 2 N–H and O–H groups in total. The molecule has 8 nitrogen and oxygen atoms in total. The first-order chi connectivity index (χ1) is 17.1. The Hall–Kier alpha value is -3.38. The van der Waals surface area contributed by atoms with Crippen LogP contribution in [0.3, 0.4) is 0 Å². The lowest BCUT2D eigenvalue weighted by molar-refractivity contribution is -0.0220. The quantitative estimate of drug-likeness (QED) is 0.526. The van der Waals surface area contributed by atoms with Crippen LogP contribution in [0.5, 0.6) is 0 Å². The maximum absolute atomic E-state index is 13.4. The summed E-state index contributed by atoms with van der Waals surface area (Å²) in [5.74, 6) is -3.66. The van der Waals surface area contributed by atoms with Crippen LogP contribution in [0.2, 0.25) is 0 Å². The third-order valence-corrected chi connectivity index (χ3v) is 9.26. The number of fused-ring (bicyclic) bond motifs is 2. The van der Waals surface area contributed by atoms with Crippen LogP contribution in [0.4, 0.5) is 19.6 Å². The highest BCUT2D eigenvalue weighted by Crippen LogP contribution is 2.37. The van der Waals surface area contributed by atoms with Crippen molar-refractivity contribution < 1.29 is 26.8 Å². The van der Waals surface area contributed by atoms with Gasteiger partial charge in [-0.3, -0.25) is 9.59 Å². The number of aromatic nitrogens is 1. The first-order valence-corrected chi connectivity index (χ1v) is 13.5. The van der Waals surface area contributed by atoms with Gasteiger partial charge in [0.15, 0.2) is 5.13 Å². The number of carbonyl (C=O) groups excluding carboxylic acids is 2. The van der Waals surface area contributed by atoms with Crippen molar-refractivity contribution in [1.29, 1.82) is 0 Å². The molecule has 36 heavy (non-hydrogen) atoms. The fourth-order valence-corrected chi connectivity index (χ4v) is 6.88. The number of anilines is 2. The zero-order chi connectivity index (χ0) is 25.7. The topological polar surface area (TPSA) is 108 Å². The van der Waals surface area contributed by atoms with E-state index in [1.807, 2.05) is 4.90 Å². The fraction of sp³-hybridized carbons (Fsp3) is 0.292. The minimum Gasteiger partial charge on any atom is -0.348 e. The zero-order valence-electron chi connectivity index (χ0n) is 19.2. The number of amides is 2. The Bertz CT molecular complexity index is 1480. The van der Waals surface area contributed by atoms with Gasteiger partial charge in [0.2, 0.25) is 9.84 Å². The van der Waals surface area contributed by atoms with E-state index >= 15 is 0 Å². The van der Waals surface area contributed by atoms with Gasteiger partial charge in [-0.05, 0) is 36.8 Å². The predicted octanol–water partition coefficient (Wildman–Crippen LogP) is 4.02. The highest BCUT2D eigenvalue weighted by molar-refractivity contribution is 7.91. The van der Waals surface area contributed by atoms with Crippen molar-refractivity contribution in [3.05, 3.63) is 64.2 Å². The lowest BCUT2D eigenvalue weighted by Gasteiger charge is -2.31. The van der Waals surface area contributed by atoms with Crippen LogP contribution in [0, 0.1) is 6.92 Å². The van der Waals surface area contributed by atoms with Gasteiger partial charge >= 0.3 is 0 Å².